The lowest BCUT2D eigenvalue weighted by Crippen LogP contribution is -2.43. The molecule has 6 heteroatoms. The fourth-order valence-electron chi connectivity index (χ4n) is 1.87. The average Bonchev–Trinajstić information content (AvgIpc) is 2.64. The number of carbonyl (C=O) groups is 1. The van der Waals surface area contributed by atoms with Gasteiger partial charge in [-0.05, 0) is 5.56 Å². The smallest absolute Gasteiger partial charge is 0.288 e. The number of alkyl halides is 3. The summed E-state index contributed by atoms with van der Waals surface area (Å²) in [7, 11) is 0. The molecule has 0 bridgehead atoms. The third kappa shape index (κ3) is 2.58. The van der Waals surface area contributed by atoms with Gasteiger partial charge in [0.25, 0.3) is 0 Å². The summed E-state index contributed by atoms with van der Waals surface area (Å²) in [5.74, 6) is -0.379. The number of nitrogens with zero attached hydrogens (tertiary/aromatic N) is 1. The van der Waals surface area contributed by atoms with Crippen molar-refractivity contribution in [2.75, 3.05) is 6.54 Å². The fourth-order valence-corrected chi connectivity index (χ4v) is 1.87. The molecule has 1 saturated heterocycles. The fraction of sp³-hybridized carbons (Fsp3) is 0.364. The maximum atomic E-state index is 13.0. The molecule has 0 saturated carbocycles. The molecule has 1 heterocycles. The zero-order valence-corrected chi connectivity index (χ0v) is 8.87. The van der Waals surface area contributed by atoms with E-state index in [1.165, 1.54) is 12.1 Å². The zero-order valence-electron chi connectivity index (χ0n) is 8.87. The summed E-state index contributed by atoms with van der Waals surface area (Å²) in [4.78, 5) is 11.0. The van der Waals surface area contributed by atoms with Crippen LogP contribution in [0.2, 0.25) is 0 Å². The maximum absolute atomic E-state index is 13.0. The first-order valence-corrected chi connectivity index (χ1v) is 5.16. The highest BCUT2D eigenvalue weighted by atomic mass is 19.4. The summed E-state index contributed by atoms with van der Waals surface area (Å²) in [5.41, 5.74) is 2.36. The van der Waals surface area contributed by atoms with Gasteiger partial charge in [0.05, 0.1) is 0 Å². The Hall–Kier alpha value is -1.56. The van der Waals surface area contributed by atoms with Crippen molar-refractivity contribution in [1.29, 1.82) is 0 Å². The second kappa shape index (κ2) is 4.37. The van der Waals surface area contributed by atoms with Crippen molar-refractivity contribution in [2.24, 2.45) is 0 Å². The molecule has 3 nitrogen and oxygen atoms in total. The second-order valence-electron chi connectivity index (χ2n) is 3.83. The minimum absolute atomic E-state index is 0.0674. The third-order valence-corrected chi connectivity index (χ3v) is 2.59. The normalized spacial score (nSPS) is 19.1. The Morgan fingerprint density at radius 2 is 1.88 bits per heavy atom. The number of amides is 1. The first kappa shape index (κ1) is 11.9. The maximum Gasteiger partial charge on any atom is 0.409 e. The van der Waals surface area contributed by atoms with Crippen molar-refractivity contribution < 1.29 is 18.0 Å². The number of rotatable bonds is 2. The van der Waals surface area contributed by atoms with Gasteiger partial charge in [0.2, 0.25) is 5.91 Å². The molecule has 1 aliphatic rings. The van der Waals surface area contributed by atoms with Gasteiger partial charge in [-0.3, -0.25) is 10.2 Å². The summed E-state index contributed by atoms with van der Waals surface area (Å²) in [6.07, 6.45) is -4.32. The summed E-state index contributed by atoms with van der Waals surface area (Å²) in [6.45, 7) is 0.0674. The summed E-state index contributed by atoms with van der Waals surface area (Å²) < 4.78 is 39.0. The van der Waals surface area contributed by atoms with Crippen LogP contribution in [-0.2, 0) is 4.79 Å². The van der Waals surface area contributed by atoms with Crippen molar-refractivity contribution in [1.82, 2.24) is 10.4 Å². The average molecular weight is 244 g/mol. The number of benzene rings is 1. The number of hydrazine groups is 1. The topological polar surface area (TPSA) is 32.3 Å². The monoisotopic (exact) mass is 244 g/mol. The van der Waals surface area contributed by atoms with Crippen LogP contribution < -0.4 is 5.43 Å². The van der Waals surface area contributed by atoms with Crippen LogP contribution in [0.4, 0.5) is 13.2 Å². The van der Waals surface area contributed by atoms with Gasteiger partial charge in [0.1, 0.15) is 6.04 Å². The van der Waals surface area contributed by atoms with Gasteiger partial charge >= 0.3 is 6.18 Å². The summed E-state index contributed by atoms with van der Waals surface area (Å²) in [6, 6.07) is 5.78. The summed E-state index contributed by atoms with van der Waals surface area (Å²) >= 11 is 0. The second-order valence-corrected chi connectivity index (χ2v) is 3.83. The van der Waals surface area contributed by atoms with E-state index in [1.807, 2.05) is 0 Å². The molecular weight excluding hydrogens is 233 g/mol. The summed E-state index contributed by atoms with van der Waals surface area (Å²) in [5, 5.41) is 0.942. The van der Waals surface area contributed by atoms with E-state index in [2.05, 4.69) is 5.43 Å². The van der Waals surface area contributed by atoms with E-state index in [9.17, 15) is 18.0 Å². The van der Waals surface area contributed by atoms with Crippen molar-refractivity contribution in [2.45, 2.75) is 18.6 Å². The van der Waals surface area contributed by atoms with E-state index in [0.717, 1.165) is 5.01 Å². The Kier molecular flexibility index (Phi) is 3.06. The minimum Gasteiger partial charge on any atom is -0.288 e. The van der Waals surface area contributed by atoms with E-state index in [0.29, 0.717) is 0 Å². The molecule has 2 rings (SSSR count). The Morgan fingerprint density at radius 1 is 1.24 bits per heavy atom. The number of hydrogen-bond acceptors (Lipinski definition) is 2. The number of halogens is 3. The molecule has 1 fully saturated rings. The first-order chi connectivity index (χ1) is 7.98. The molecule has 0 spiro atoms. The highest BCUT2D eigenvalue weighted by Crippen LogP contribution is 2.37. The standard InChI is InChI=1S/C11H11F3N2O/c12-11(13,14)10(8-4-2-1-3-5-8)16-7-6-9(17)15-16/h1-5,10H,6-7H2,(H,15,17)/t10-/m0/s1. The van der Waals surface area contributed by atoms with Crippen molar-refractivity contribution in [3.05, 3.63) is 35.9 Å². The molecule has 0 aliphatic carbocycles. The van der Waals surface area contributed by atoms with Gasteiger partial charge in [-0.25, -0.2) is 5.01 Å². The molecule has 0 radical (unpaired) electrons. The molecule has 1 aromatic carbocycles. The molecule has 17 heavy (non-hydrogen) atoms. The molecule has 92 valence electrons. The largest absolute Gasteiger partial charge is 0.409 e. The Bertz CT molecular complexity index is 405. The van der Waals surface area contributed by atoms with E-state index in [-0.39, 0.29) is 24.4 Å². The van der Waals surface area contributed by atoms with Crippen LogP contribution in [0.1, 0.15) is 18.0 Å². The molecule has 0 aromatic heterocycles. The van der Waals surface area contributed by atoms with Crippen LogP contribution in [0, 0.1) is 0 Å². The van der Waals surface area contributed by atoms with Crippen LogP contribution in [0.5, 0.6) is 0 Å². The number of hydrogen-bond donors (Lipinski definition) is 1. The van der Waals surface area contributed by atoms with Gasteiger partial charge in [-0.2, -0.15) is 13.2 Å². The highest BCUT2D eigenvalue weighted by Gasteiger charge is 2.46. The van der Waals surface area contributed by atoms with E-state index < -0.39 is 12.2 Å². The van der Waals surface area contributed by atoms with Crippen LogP contribution in [-0.4, -0.2) is 23.6 Å². The SMILES string of the molecule is O=C1CCN([C@@H](c2ccccc2)C(F)(F)F)N1. The number of nitrogens with one attached hydrogen (secondary N) is 1. The van der Waals surface area contributed by atoms with Crippen molar-refractivity contribution >= 4 is 5.91 Å². The third-order valence-electron chi connectivity index (χ3n) is 2.59. The Balaban J connectivity index is 2.30. The number of carbonyl (C=O) groups excluding carboxylic acids is 1. The van der Waals surface area contributed by atoms with Crippen LogP contribution in [0.3, 0.4) is 0 Å². The predicted molar refractivity (Wildman–Crippen MR) is 54.7 cm³/mol. The zero-order chi connectivity index (χ0) is 12.5. The minimum atomic E-state index is -4.42. The van der Waals surface area contributed by atoms with Gasteiger partial charge in [-0.1, -0.05) is 30.3 Å². The Morgan fingerprint density at radius 3 is 2.35 bits per heavy atom. The quantitative estimate of drug-likeness (QED) is 0.863. The molecular formula is C11H11F3N2O. The van der Waals surface area contributed by atoms with Gasteiger partial charge in [0, 0.05) is 13.0 Å². The van der Waals surface area contributed by atoms with E-state index in [1.54, 1.807) is 18.2 Å². The van der Waals surface area contributed by atoms with Crippen LogP contribution in [0.25, 0.3) is 0 Å². The lowest BCUT2D eigenvalue weighted by Gasteiger charge is -2.29. The predicted octanol–water partition coefficient (Wildman–Crippen LogP) is 2.03. The Labute approximate surface area is 96.2 Å². The van der Waals surface area contributed by atoms with E-state index >= 15 is 0 Å². The van der Waals surface area contributed by atoms with Gasteiger partial charge in [0.15, 0.2) is 0 Å². The lowest BCUT2D eigenvalue weighted by atomic mass is 10.1. The van der Waals surface area contributed by atoms with Crippen molar-refractivity contribution in [3.8, 4) is 0 Å². The molecule has 1 N–H and O–H groups in total. The molecule has 0 unspecified atom stereocenters. The van der Waals surface area contributed by atoms with Crippen molar-refractivity contribution in [3.63, 3.8) is 0 Å². The van der Waals surface area contributed by atoms with Crippen LogP contribution in [0.15, 0.2) is 30.3 Å². The molecule has 1 amide bonds. The molecule has 1 aliphatic heterocycles. The van der Waals surface area contributed by atoms with Gasteiger partial charge in [-0.15, -0.1) is 0 Å². The first-order valence-electron chi connectivity index (χ1n) is 5.16. The van der Waals surface area contributed by atoms with Gasteiger partial charge < -0.3 is 0 Å². The lowest BCUT2D eigenvalue weighted by molar-refractivity contribution is -0.191. The van der Waals surface area contributed by atoms with E-state index in [4.69, 9.17) is 0 Å². The molecule has 1 atom stereocenters. The molecule has 1 aromatic rings. The van der Waals surface area contributed by atoms with Crippen LogP contribution >= 0.6 is 0 Å². The highest BCUT2D eigenvalue weighted by molar-refractivity contribution is 5.77.